The van der Waals surface area contributed by atoms with Gasteiger partial charge in [-0.05, 0) is 44.4 Å². The second kappa shape index (κ2) is 7.57. The summed E-state index contributed by atoms with van der Waals surface area (Å²) in [5, 5.41) is 7.41. The van der Waals surface area contributed by atoms with Crippen molar-refractivity contribution in [3.05, 3.63) is 42.2 Å². The zero-order valence-corrected chi connectivity index (χ0v) is 15.9. The number of sulfone groups is 1. The Morgan fingerprint density at radius 2 is 1.85 bits per heavy atom. The molecule has 26 heavy (non-hydrogen) atoms. The van der Waals surface area contributed by atoms with Crippen molar-refractivity contribution in [1.82, 2.24) is 19.9 Å². The average molecular weight is 376 g/mol. The third-order valence-electron chi connectivity index (χ3n) is 4.86. The molecule has 8 heteroatoms. The molecule has 7 nitrogen and oxygen atoms in total. The van der Waals surface area contributed by atoms with Gasteiger partial charge in [0.05, 0.1) is 28.8 Å². The highest BCUT2D eigenvalue weighted by Gasteiger charge is 2.24. The molecule has 140 valence electrons. The van der Waals surface area contributed by atoms with E-state index >= 15 is 0 Å². The molecule has 1 aliphatic heterocycles. The number of nitrogens with zero attached hydrogens (tertiary/aromatic N) is 4. The maximum absolute atomic E-state index is 12.5. The monoisotopic (exact) mass is 376 g/mol. The van der Waals surface area contributed by atoms with E-state index in [0.29, 0.717) is 24.0 Å². The molecule has 1 saturated heterocycles. The first kappa shape index (κ1) is 18.6. The van der Waals surface area contributed by atoms with Gasteiger partial charge in [-0.15, -0.1) is 5.10 Å². The number of amides is 1. The second-order valence-electron chi connectivity index (χ2n) is 6.91. The molecule has 0 bridgehead atoms. The summed E-state index contributed by atoms with van der Waals surface area (Å²) in [5.41, 5.74) is 0.830. The number of hydrogen-bond acceptors (Lipinski definition) is 5. The molecule has 1 amide bonds. The molecule has 2 heterocycles. The van der Waals surface area contributed by atoms with E-state index in [9.17, 15) is 13.2 Å². The van der Waals surface area contributed by atoms with E-state index in [0.717, 1.165) is 18.4 Å². The first-order chi connectivity index (χ1) is 12.4. The Labute approximate surface area is 153 Å². The fourth-order valence-electron chi connectivity index (χ4n) is 3.15. The number of benzene rings is 1. The lowest BCUT2D eigenvalue weighted by molar-refractivity contribution is -0.131. The first-order valence-electron chi connectivity index (χ1n) is 8.84. The molecule has 0 aliphatic carbocycles. The van der Waals surface area contributed by atoms with Gasteiger partial charge in [0.2, 0.25) is 5.91 Å². The van der Waals surface area contributed by atoms with Crippen LogP contribution in [-0.2, 0) is 21.1 Å². The van der Waals surface area contributed by atoms with E-state index in [1.165, 1.54) is 0 Å². The van der Waals surface area contributed by atoms with Crippen molar-refractivity contribution in [3.8, 4) is 0 Å². The maximum Gasteiger partial charge on any atom is 0.226 e. The highest BCUT2D eigenvalue weighted by Crippen LogP contribution is 2.22. The molecule has 1 aromatic heterocycles. The summed E-state index contributed by atoms with van der Waals surface area (Å²) in [7, 11) is -3.28. The van der Waals surface area contributed by atoms with Crippen LogP contribution in [0.3, 0.4) is 0 Å². The fourth-order valence-corrected chi connectivity index (χ4v) is 4.21. The molecule has 0 atom stereocenters. The van der Waals surface area contributed by atoms with E-state index in [4.69, 9.17) is 0 Å². The third kappa shape index (κ3) is 3.95. The minimum atomic E-state index is -3.28. The number of carbonyl (C=O) groups excluding carboxylic acids is 1. The van der Waals surface area contributed by atoms with E-state index in [1.807, 2.05) is 15.8 Å². The number of piperidine rings is 1. The Hall–Kier alpha value is -2.22. The molecule has 1 aliphatic rings. The minimum absolute atomic E-state index is 0.0708. The number of hydrogen-bond donors (Lipinski definition) is 0. The minimum Gasteiger partial charge on any atom is -0.342 e. The van der Waals surface area contributed by atoms with Crippen LogP contribution >= 0.6 is 0 Å². The SMILES string of the molecule is CC(C)S(=O)(=O)c1ccc(CC(=O)N2CCC(n3ccnn3)CC2)cc1. The Balaban J connectivity index is 1.57. The highest BCUT2D eigenvalue weighted by molar-refractivity contribution is 7.92. The quantitative estimate of drug-likeness (QED) is 0.795. The van der Waals surface area contributed by atoms with Crippen molar-refractivity contribution >= 4 is 15.7 Å². The van der Waals surface area contributed by atoms with Crippen molar-refractivity contribution in [2.24, 2.45) is 0 Å². The summed E-state index contributed by atoms with van der Waals surface area (Å²) < 4.78 is 26.2. The van der Waals surface area contributed by atoms with Crippen molar-refractivity contribution < 1.29 is 13.2 Å². The zero-order chi connectivity index (χ0) is 18.7. The van der Waals surface area contributed by atoms with Gasteiger partial charge < -0.3 is 4.90 Å². The van der Waals surface area contributed by atoms with Crippen LogP contribution in [0.25, 0.3) is 0 Å². The second-order valence-corrected chi connectivity index (χ2v) is 9.41. The van der Waals surface area contributed by atoms with Gasteiger partial charge in [0.1, 0.15) is 0 Å². The first-order valence-corrected chi connectivity index (χ1v) is 10.4. The lowest BCUT2D eigenvalue weighted by atomic mass is 10.0. The van der Waals surface area contributed by atoms with Crippen LogP contribution in [0.15, 0.2) is 41.6 Å². The summed E-state index contributed by atoms with van der Waals surface area (Å²) >= 11 is 0. The van der Waals surface area contributed by atoms with Crippen LogP contribution in [0.2, 0.25) is 0 Å². The Kier molecular flexibility index (Phi) is 5.41. The van der Waals surface area contributed by atoms with E-state index in [1.54, 1.807) is 44.3 Å². The molecule has 0 radical (unpaired) electrons. The summed E-state index contributed by atoms with van der Waals surface area (Å²) in [5.74, 6) is 0.0708. The Morgan fingerprint density at radius 1 is 1.19 bits per heavy atom. The smallest absolute Gasteiger partial charge is 0.226 e. The van der Waals surface area contributed by atoms with Crippen molar-refractivity contribution in [2.45, 2.75) is 49.3 Å². The van der Waals surface area contributed by atoms with Gasteiger partial charge in [0, 0.05) is 19.3 Å². The van der Waals surface area contributed by atoms with Crippen molar-refractivity contribution in [2.75, 3.05) is 13.1 Å². The normalized spacial score (nSPS) is 16.2. The fraction of sp³-hybridized carbons (Fsp3) is 0.500. The lowest BCUT2D eigenvalue weighted by Gasteiger charge is -2.32. The topological polar surface area (TPSA) is 85.2 Å². The predicted octanol–water partition coefficient (Wildman–Crippen LogP) is 1.87. The number of carbonyl (C=O) groups is 1. The highest BCUT2D eigenvalue weighted by atomic mass is 32.2. The number of rotatable bonds is 5. The van der Waals surface area contributed by atoms with Gasteiger partial charge in [0.15, 0.2) is 9.84 Å². The molecule has 1 aromatic carbocycles. The van der Waals surface area contributed by atoms with Gasteiger partial charge in [-0.25, -0.2) is 13.1 Å². The van der Waals surface area contributed by atoms with Crippen LogP contribution in [-0.4, -0.2) is 52.6 Å². The van der Waals surface area contributed by atoms with E-state index in [-0.39, 0.29) is 12.3 Å². The molecule has 0 spiro atoms. The third-order valence-corrected chi connectivity index (χ3v) is 7.03. The summed E-state index contributed by atoms with van der Waals surface area (Å²) in [6, 6.07) is 6.94. The zero-order valence-electron chi connectivity index (χ0n) is 15.1. The molecular weight excluding hydrogens is 352 g/mol. The van der Waals surface area contributed by atoms with Crippen molar-refractivity contribution in [3.63, 3.8) is 0 Å². The summed E-state index contributed by atoms with van der Waals surface area (Å²) in [6.07, 6.45) is 5.53. The molecular formula is C18H24N4O3S. The standard InChI is InChI=1S/C18H24N4O3S/c1-14(2)26(24,25)17-5-3-15(4-6-17)13-18(23)21-10-7-16(8-11-21)22-12-9-19-20-22/h3-6,9,12,14,16H,7-8,10-11,13H2,1-2H3. The predicted molar refractivity (Wildman–Crippen MR) is 97.3 cm³/mol. The average Bonchev–Trinajstić information content (AvgIpc) is 3.17. The van der Waals surface area contributed by atoms with Gasteiger partial charge in [0.25, 0.3) is 0 Å². The molecule has 1 fully saturated rings. The lowest BCUT2D eigenvalue weighted by Crippen LogP contribution is -2.40. The number of aromatic nitrogens is 3. The van der Waals surface area contributed by atoms with Crippen LogP contribution in [0.5, 0.6) is 0 Å². The largest absolute Gasteiger partial charge is 0.342 e. The van der Waals surface area contributed by atoms with E-state index < -0.39 is 15.1 Å². The van der Waals surface area contributed by atoms with Crippen LogP contribution in [0.1, 0.15) is 38.3 Å². The molecule has 0 N–H and O–H groups in total. The Morgan fingerprint density at radius 3 is 2.38 bits per heavy atom. The van der Waals surface area contributed by atoms with Gasteiger partial charge in [-0.2, -0.15) is 0 Å². The van der Waals surface area contributed by atoms with Crippen LogP contribution in [0.4, 0.5) is 0 Å². The number of likely N-dealkylation sites (tertiary alicyclic amines) is 1. The van der Waals surface area contributed by atoms with Gasteiger partial charge in [-0.1, -0.05) is 17.3 Å². The summed E-state index contributed by atoms with van der Waals surface area (Å²) in [6.45, 7) is 4.72. The molecule has 0 unspecified atom stereocenters. The van der Waals surface area contributed by atoms with E-state index in [2.05, 4.69) is 10.3 Å². The van der Waals surface area contributed by atoms with Crippen LogP contribution in [0, 0.1) is 0 Å². The maximum atomic E-state index is 12.5. The van der Waals surface area contributed by atoms with Gasteiger partial charge in [-0.3, -0.25) is 4.79 Å². The molecule has 0 saturated carbocycles. The van der Waals surface area contributed by atoms with Crippen LogP contribution < -0.4 is 0 Å². The van der Waals surface area contributed by atoms with Crippen molar-refractivity contribution in [1.29, 1.82) is 0 Å². The Bertz CT molecular complexity index is 837. The molecule has 2 aromatic rings. The molecule has 3 rings (SSSR count). The summed E-state index contributed by atoms with van der Waals surface area (Å²) in [4.78, 5) is 14.7. The van der Waals surface area contributed by atoms with Gasteiger partial charge >= 0.3 is 0 Å².